The van der Waals surface area contributed by atoms with Crippen molar-refractivity contribution in [2.24, 2.45) is 5.92 Å². The van der Waals surface area contributed by atoms with Crippen molar-refractivity contribution < 1.29 is 4.52 Å². The number of nitrogens with one attached hydrogen (secondary N) is 1. The molecule has 1 aromatic rings. The van der Waals surface area contributed by atoms with Crippen LogP contribution in [0.3, 0.4) is 0 Å². The van der Waals surface area contributed by atoms with Crippen LogP contribution in [0.1, 0.15) is 56.0 Å². The van der Waals surface area contributed by atoms with E-state index in [2.05, 4.69) is 17.4 Å². The molecule has 3 heteroatoms. The number of aryl methyl sites for hydroxylation is 2. The Morgan fingerprint density at radius 1 is 1.29 bits per heavy atom. The van der Waals surface area contributed by atoms with Crippen molar-refractivity contribution in [1.29, 1.82) is 0 Å². The van der Waals surface area contributed by atoms with Gasteiger partial charge >= 0.3 is 0 Å². The molecule has 2 rings (SSSR count). The second-order valence-electron chi connectivity index (χ2n) is 5.37. The van der Waals surface area contributed by atoms with Crippen molar-refractivity contribution >= 4 is 0 Å². The average Bonchev–Trinajstić information content (AvgIpc) is 2.67. The Bertz CT molecular complexity index is 334. The van der Waals surface area contributed by atoms with E-state index in [-0.39, 0.29) is 0 Å². The minimum atomic E-state index is 0.601. The van der Waals surface area contributed by atoms with Crippen molar-refractivity contribution in [2.75, 3.05) is 0 Å². The van der Waals surface area contributed by atoms with Crippen LogP contribution in [0.4, 0.5) is 0 Å². The highest BCUT2D eigenvalue weighted by molar-refractivity contribution is 5.20. The maximum atomic E-state index is 5.18. The fourth-order valence-electron chi connectivity index (χ4n) is 2.82. The lowest BCUT2D eigenvalue weighted by atomic mass is 9.84. The van der Waals surface area contributed by atoms with Crippen molar-refractivity contribution in [3.05, 3.63) is 17.0 Å². The second-order valence-corrected chi connectivity index (χ2v) is 5.37. The summed E-state index contributed by atoms with van der Waals surface area (Å²) < 4.78 is 5.18. The average molecular weight is 236 g/mol. The minimum Gasteiger partial charge on any atom is -0.361 e. The summed E-state index contributed by atoms with van der Waals surface area (Å²) in [7, 11) is 0. The summed E-state index contributed by atoms with van der Waals surface area (Å²) >= 11 is 0. The number of aromatic nitrogens is 1. The molecule has 1 atom stereocenters. The molecule has 0 aromatic carbocycles. The van der Waals surface area contributed by atoms with Gasteiger partial charge in [0, 0.05) is 18.2 Å². The quantitative estimate of drug-likeness (QED) is 0.871. The molecule has 1 aliphatic carbocycles. The molecular weight excluding hydrogens is 212 g/mol. The molecule has 0 spiro atoms. The topological polar surface area (TPSA) is 38.1 Å². The largest absolute Gasteiger partial charge is 0.361 e. The Morgan fingerprint density at radius 3 is 2.59 bits per heavy atom. The van der Waals surface area contributed by atoms with E-state index in [1.807, 2.05) is 13.8 Å². The zero-order valence-corrected chi connectivity index (χ0v) is 11.3. The monoisotopic (exact) mass is 236 g/mol. The van der Waals surface area contributed by atoms with Crippen molar-refractivity contribution in [2.45, 2.75) is 65.5 Å². The van der Waals surface area contributed by atoms with Crippen LogP contribution in [0.25, 0.3) is 0 Å². The molecule has 17 heavy (non-hydrogen) atoms. The second kappa shape index (κ2) is 5.67. The first-order chi connectivity index (χ1) is 8.18. The van der Waals surface area contributed by atoms with Crippen LogP contribution in [0.2, 0.25) is 0 Å². The van der Waals surface area contributed by atoms with Crippen LogP contribution in [0, 0.1) is 19.8 Å². The van der Waals surface area contributed by atoms with E-state index < -0.39 is 0 Å². The lowest BCUT2D eigenvalue weighted by molar-refractivity contribution is 0.280. The van der Waals surface area contributed by atoms with Gasteiger partial charge in [-0.1, -0.05) is 24.4 Å². The van der Waals surface area contributed by atoms with Gasteiger partial charge in [-0.15, -0.1) is 0 Å². The molecule has 1 aromatic heterocycles. The van der Waals surface area contributed by atoms with E-state index in [4.69, 9.17) is 4.52 Å². The highest BCUT2D eigenvalue weighted by atomic mass is 16.5. The van der Waals surface area contributed by atoms with Gasteiger partial charge in [0.05, 0.1) is 5.69 Å². The van der Waals surface area contributed by atoms with Gasteiger partial charge in [0.25, 0.3) is 0 Å². The van der Waals surface area contributed by atoms with Gasteiger partial charge in [0.1, 0.15) is 5.76 Å². The molecule has 0 aliphatic heterocycles. The summed E-state index contributed by atoms with van der Waals surface area (Å²) in [6.45, 7) is 7.20. The van der Waals surface area contributed by atoms with Gasteiger partial charge in [0.2, 0.25) is 0 Å². The smallest absolute Gasteiger partial charge is 0.138 e. The molecule has 0 amide bonds. The van der Waals surface area contributed by atoms with E-state index in [9.17, 15) is 0 Å². The van der Waals surface area contributed by atoms with E-state index >= 15 is 0 Å². The van der Waals surface area contributed by atoms with Crippen LogP contribution in [-0.4, -0.2) is 11.2 Å². The maximum Gasteiger partial charge on any atom is 0.138 e. The molecule has 1 aliphatic rings. The summed E-state index contributed by atoms with van der Waals surface area (Å²) in [5.41, 5.74) is 2.25. The van der Waals surface area contributed by atoms with Gasteiger partial charge in [-0.05, 0) is 39.5 Å². The molecule has 96 valence electrons. The Labute approximate surface area is 104 Å². The third-order valence-electron chi connectivity index (χ3n) is 4.14. The van der Waals surface area contributed by atoms with Gasteiger partial charge in [0.15, 0.2) is 0 Å². The van der Waals surface area contributed by atoms with Gasteiger partial charge in [-0.25, -0.2) is 0 Å². The van der Waals surface area contributed by atoms with Crippen LogP contribution < -0.4 is 5.32 Å². The van der Waals surface area contributed by atoms with E-state index in [1.165, 1.54) is 37.7 Å². The fourth-order valence-corrected chi connectivity index (χ4v) is 2.82. The Balaban J connectivity index is 1.85. The summed E-state index contributed by atoms with van der Waals surface area (Å²) in [6, 6.07) is 0.601. The van der Waals surface area contributed by atoms with Crippen molar-refractivity contribution in [1.82, 2.24) is 10.5 Å². The molecule has 1 unspecified atom stereocenters. The maximum absolute atomic E-state index is 5.18. The summed E-state index contributed by atoms with van der Waals surface area (Å²) in [6.07, 6.45) is 7.00. The standard InChI is InChI=1S/C14H24N2O/c1-10(13-7-5-4-6-8-13)15-9-14-11(2)16-17-12(14)3/h10,13,15H,4-9H2,1-3H3. The summed E-state index contributed by atoms with van der Waals surface area (Å²) in [5, 5.41) is 7.63. The summed E-state index contributed by atoms with van der Waals surface area (Å²) in [5.74, 6) is 1.80. The molecule has 1 saturated carbocycles. The van der Waals surface area contributed by atoms with Gasteiger partial charge < -0.3 is 9.84 Å². The van der Waals surface area contributed by atoms with Gasteiger partial charge in [-0.2, -0.15) is 0 Å². The van der Waals surface area contributed by atoms with Crippen LogP contribution in [0.15, 0.2) is 4.52 Å². The SMILES string of the molecule is Cc1noc(C)c1CNC(C)C1CCCCC1. The number of nitrogens with zero attached hydrogens (tertiary/aromatic N) is 1. The molecule has 1 N–H and O–H groups in total. The predicted octanol–water partition coefficient (Wildman–Crippen LogP) is 3.35. The molecule has 1 heterocycles. The molecule has 0 saturated heterocycles. The third kappa shape index (κ3) is 3.09. The first kappa shape index (κ1) is 12.6. The third-order valence-corrected chi connectivity index (χ3v) is 4.14. The molecule has 3 nitrogen and oxygen atoms in total. The minimum absolute atomic E-state index is 0.601. The van der Waals surface area contributed by atoms with Crippen LogP contribution >= 0.6 is 0 Å². The highest BCUT2D eigenvalue weighted by Crippen LogP contribution is 2.26. The molecule has 0 radical (unpaired) electrons. The number of hydrogen-bond acceptors (Lipinski definition) is 3. The first-order valence-electron chi connectivity index (χ1n) is 6.83. The zero-order valence-electron chi connectivity index (χ0n) is 11.3. The van der Waals surface area contributed by atoms with Crippen LogP contribution in [0.5, 0.6) is 0 Å². The van der Waals surface area contributed by atoms with E-state index in [0.29, 0.717) is 6.04 Å². The lowest BCUT2D eigenvalue weighted by Crippen LogP contribution is -2.34. The summed E-state index contributed by atoms with van der Waals surface area (Å²) in [4.78, 5) is 0. The zero-order chi connectivity index (χ0) is 12.3. The van der Waals surface area contributed by atoms with Gasteiger partial charge in [-0.3, -0.25) is 0 Å². The van der Waals surface area contributed by atoms with E-state index in [1.54, 1.807) is 0 Å². The number of hydrogen-bond donors (Lipinski definition) is 1. The fraction of sp³-hybridized carbons (Fsp3) is 0.786. The molecule has 1 fully saturated rings. The highest BCUT2D eigenvalue weighted by Gasteiger charge is 2.20. The Kier molecular flexibility index (Phi) is 4.21. The molecular formula is C14H24N2O. The Hall–Kier alpha value is -0.830. The lowest BCUT2D eigenvalue weighted by Gasteiger charge is -2.28. The first-order valence-corrected chi connectivity index (χ1v) is 6.83. The van der Waals surface area contributed by atoms with Crippen LogP contribution in [-0.2, 0) is 6.54 Å². The van der Waals surface area contributed by atoms with Crippen molar-refractivity contribution in [3.63, 3.8) is 0 Å². The number of rotatable bonds is 4. The molecule has 0 bridgehead atoms. The normalized spacial score (nSPS) is 19.5. The Morgan fingerprint density at radius 2 is 2.00 bits per heavy atom. The predicted molar refractivity (Wildman–Crippen MR) is 68.9 cm³/mol. The van der Waals surface area contributed by atoms with Crippen molar-refractivity contribution in [3.8, 4) is 0 Å². The van der Waals surface area contributed by atoms with E-state index in [0.717, 1.165) is 23.9 Å².